The molecule has 0 heterocycles. The Kier molecular flexibility index (Phi) is 8.60. The van der Waals surface area contributed by atoms with E-state index >= 15 is 0 Å². The Bertz CT molecular complexity index is 504. The normalized spacial score (nSPS) is 14.8. The zero-order chi connectivity index (χ0) is 14.7. The van der Waals surface area contributed by atoms with Crippen LogP contribution in [0.2, 0.25) is 0 Å². The highest BCUT2D eigenvalue weighted by Crippen LogP contribution is 2.04. The number of hydrogen-bond acceptors (Lipinski definition) is 2. The molecule has 104 valence electrons. The molecular formula is C15H21NO2S. The van der Waals surface area contributed by atoms with Crippen LogP contribution in [0.3, 0.4) is 0 Å². The second-order valence-electron chi connectivity index (χ2n) is 3.89. The molecule has 0 aromatic carbocycles. The van der Waals surface area contributed by atoms with E-state index in [0.717, 1.165) is 12.7 Å². The maximum Gasteiger partial charge on any atom is 0.210 e. The summed E-state index contributed by atoms with van der Waals surface area (Å²) in [4.78, 5) is 0. The minimum Gasteiger partial charge on any atom is -0.213 e. The summed E-state index contributed by atoms with van der Waals surface area (Å²) >= 11 is 0. The molecule has 3 nitrogen and oxygen atoms in total. The average Bonchev–Trinajstić information content (AvgIpc) is 2.34. The first-order chi connectivity index (χ1) is 8.92. The Morgan fingerprint density at radius 3 is 2.42 bits per heavy atom. The van der Waals surface area contributed by atoms with E-state index in [9.17, 15) is 8.42 Å². The molecule has 0 saturated carbocycles. The van der Waals surface area contributed by atoms with E-state index in [-0.39, 0.29) is 5.92 Å². The summed E-state index contributed by atoms with van der Waals surface area (Å²) in [5.74, 6) is 5.47. The highest BCUT2D eigenvalue weighted by molar-refractivity contribution is 7.88. The molecule has 0 aromatic heterocycles. The van der Waals surface area contributed by atoms with Crippen molar-refractivity contribution >= 4 is 10.0 Å². The van der Waals surface area contributed by atoms with Crippen LogP contribution < -0.4 is 4.72 Å². The molecule has 0 spiro atoms. The monoisotopic (exact) mass is 279 g/mol. The molecule has 0 aliphatic rings. The van der Waals surface area contributed by atoms with Gasteiger partial charge in [-0.3, -0.25) is 0 Å². The van der Waals surface area contributed by atoms with E-state index in [4.69, 9.17) is 0 Å². The Balaban J connectivity index is 4.92. The summed E-state index contributed by atoms with van der Waals surface area (Å²) in [5, 5.41) is 0. The van der Waals surface area contributed by atoms with Crippen molar-refractivity contribution < 1.29 is 8.42 Å². The van der Waals surface area contributed by atoms with Gasteiger partial charge in [0.1, 0.15) is 6.04 Å². The highest BCUT2D eigenvalue weighted by atomic mass is 32.2. The number of rotatable bonds is 7. The lowest BCUT2D eigenvalue weighted by atomic mass is 10.1. The second kappa shape index (κ2) is 9.37. The summed E-state index contributed by atoms with van der Waals surface area (Å²) in [7, 11) is -3.31. The van der Waals surface area contributed by atoms with Crippen LogP contribution in [0.1, 0.15) is 13.3 Å². The van der Waals surface area contributed by atoms with E-state index in [1.165, 1.54) is 6.08 Å². The van der Waals surface area contributed by atoms with Crippen LogP contribution in [0.4, 0.5) is 0 Å². The molecule has 0 bridgehead atoms. The number of nitrogens with one attached hydrogen (secondary N) is 1. The van der Waals surface area contributed by atoms with Gasteiger partial charge in [-0.2, -0.15) is 4.72 Å². The maximum absolute atomic E-state index is 11.2. The van der Waals surface area contributed by atoms with Crippen LogP contribution in [0.15, 0.2) is 49.6 Å². The fourth-order valence-corrected chi connectivity index (χ4v) is 1.85. The van der Waals surface area contributed by atoms with Crippen LogP contribution >= 0.6 is 0 Å². The van der Waals surface area contributed by atoms with Gasteiger partial charge < -0.3 is 0 Å². The van der Waals surface area contributed by atoms with Crippen LogP contribution in [0, 0.1) is 17.8 Å². The first-order valence-electron chi connectivity index (χ1n) is 5.99. The molecular weight excluding hydrogens is 258 g/mol. The van der Waals surface area contributed by atoms with Crippen molar-refractivity contribution in [2.24, 2.45) is 5.92 Å². The van der Waals surface area contributed by atoms with E-state index in [1.807, 2.05) is 25.2 Å². The van der Waals surface area contributed by atoms with Gasteiger partial charge in [0, 0.05) is 5.92 Å². The zero-order valence-electron chi connectivity index (χ0n) is 11.5. The summed E-state index contributed by atoms with van der Waals surface area (Å²) in [6.45, 7) is 9.26. The van der Waals surface area contributed by atoms with Gasteiger partial charge in [-0.25, -0.2) is 8.42 Å². The highest BCUT2D eigenvalue weighted by Gasteiger charge is 2.07. The molecule has 0 amide bonds. The zero-order valence-corrected chi connectivity index (χ0v) is 12.3. The second-order valence-corrected chi connectivity index (χ2v) is 5.67. The summed E-state index contributed by atoms with van der Waals surface area (Å²) < 4.78 is 24.9. The fourth-order valence-electron chi connectivity index (χ4n) is 1.25. The van der Waals surface area contributed by atoms with Crippen molar-refractivity contribution in [3.05, 3.63) is 49.6 Å². The molecule has 2 unspecified atom stereocenters. The molecule has 1 N–H and O–H groups in total. The van der Waals surface area contributed by atoms with Crippen molar-refractivity contribution in [2.45, 2.75) is 19.4 Å². The fraction of sp³-hybridized carbons (Fsp3) is 0.333. The molecule has 0 aliphatic heterocycles. The van der Waals surface area contributed by atoms with Gasteiger partial charge in [0.25, 0.3) is 0 Å². The lowest BCUT2D eigenvalue weighted by molar-refractivity contribution is 0.587. The van der Waals surface area contributed by atoms with Gasteiger partial charge in [-0.15, -0.1) is 6.58 Å². The first kappa shape index (κ1) is 17.4. The van der Waals surface area contributed by atoms with E-state index in [1.54, 1.807) is 12.2 Å². The summed E-state index contributed by atoms with van der Waals surface area (Å²) in [6, 6.07) is -0.564. The Morgan fingerprint density at radius 1 is 1.26 bits per heavy atom. The van der Waals surface area contributed by atoms with Crippen LogP contribution in [0.5, 0.6) is 0 Å². The van der Waals surface area contributed by atoms with Gasteiger partial charge in [0.2, 0.25) is 10.0 Å². The topological polar surface area (TPSA) is 46.2 Å². The summed E-state index contributed by atoms with van der Waals surface area (Å²) in [5.41, 5.74) is 0. The van der Waals surface area contributed by atoms with E-state index in [2.05, 4.69) is 29.7 Å². The minimum atomic E-state index is -3.31. The minimum absolute atomic E-state index is 0.0642. The number of allylic oxidation sites excluding steroid dienone is 5. The van der Waals surface area contributed by atoms with Crippen LogP contribution in [0.25, 0.3) is 0 Å². The summed E-state index contributed by atoms with van der Waals surface area (Å²) in [6.07, 6.45) is 12.9. The van der Waals surface area contributed by atoms with Crippen molar-refractivity contribution in [2.75, 3.05) is 6.26 Å². The van der Waals surface area contributed by atoms with Gasteiger partial charge in [0.15, 0.2) is 0 Å². The lowest BCUT2D eigenvalue weighted by Crippen LogP contribution is -2.31. The number of hydrogen-bond donors (Lipinski definition) is 1. The molecule has 19 heavy (non-hydrogen) atoms. The third-order valence-corrected chi connectivity index (χ3v) is 2.76. The lowest BCUT2D eigenvalue weighted by Gasteiger charge is -2.07. The molecule has 0 rings (SSSR count). The molecule has 2 atom stereocenters. The third kappa shape index (κ3) is 10.1. The molecule has 0 radical (unpaired) electrons. The van der Waals surface area contributed by atoms with Gasteiger partial charge in [-0.05, 0) is 12.5 Å². The first-order valence-corrected chi connectivity index (χ1v) is 7.88. The Hall–Kier alpha value is -1.57. The number of sulfonamides is 1. The van der Waals surface area contributed by atoms with Crippen LogP contribution in [-0.2, 0) is 10.0 Å². The molecule has 0 aliphatic carbocycles. The molecule has 0 saturated heterocycles. The predicted molar refractivity (Wildman–Crippen MR) is 82.0 cm³/mol. The quantitative estimate of drug-likeness (QED) is 0.574. The Morgan fingerprint density at radius 2 is 1.95 bits per heavy atom. The largest absolute Gasteiger partial charge is 0.213 e. The molecule has 4 heteroatoms. The van der Waals surface area contributed by atoms with Crippen molar-refractivity contribution in [1.29, 1.82) is 0 Å². The average molecular weight is 279 g/mol. The Labute approximate surface area is 116 Å². The smallest absolute Gasteiger partial charge is 0.210 e. The molecule has 0 fully saturated rings. The molecule has 0 aromatic rings. The van der Waals surface area contributed by atoms with Gasteiger partial charge in [0.05, 0.1) is 6.26 Å². The van der Waals surface area contributed by atoms with Crippen LogP contribution in [-0.4, -0.2) is 20.7 Å². The SMILES string of the molecule is C=CC#CC(/C=C/C(C=C)/C=C\CC)NS(C)(=O)=O. The standard InChI is InChI=1S/C15H21NO2S/c1-5-8-10-14(7-3)12-13-15(11-9-6-2)16-19(4,17)18/h6-8,10,12-16H,2-3,5H2,1,4H3/b10-8-,13-12+. The predicted octanol–water partition coefficient (Wildman–Crippen LogP) is 2.42. The van der Waals surface area contributed by atoms with Crippen molar-refractivity contribution in [3.8, 4) is 11.8 Å². The maximum atomic E-state index is 11.2. The third-order valence-electron chi connectivity index (χ3n) is 2.07. The van der Waals surface area contributed by atoms with Gasteiger partial charge >= 0.3 is 0 Å². The van der Waals surface area contributed by atoms with E-state index in [0.29, 0.717) is 0 Å². The van der Waals surface area contributed by atoms with Gasteiger partial charge in [-0.1, -0.05) is 55.7 Å². The van der Waals surface area contributed by atoms with E-state index < -0.39 is 16.1 Å². The van der Waals surface area contributed by atoms with Crippen molar-refractivity contribution in [1.82, 2.24) is 4.72 Å². The van der Waals surface area contributed by atoms with Crippen molar-refractivity contribution in [3.63, 3.8) is 0 Å².